The number of nitrogens with one attached hydrogen (secondary N) is 1. The first kappa shape index (κ1) is 14.1. The summed E-state index contributed by atoms with van der Waals surface area (Å²) in [6, 6.07) is 2.60. The Balaban J connectivity index is 1.83. The lowest BCUT2D eigenvalue weighted by molar-refractivity contribution is 0.311. The molecule has 0 saturated carbocycles. The van der Waals surface area contributed by atoms with E-state index in [-0.39, 0.29) is 0 Å². The molecule has 3 rings (SSSR count). The number of likely N-dealkylation sites (N-methyl/N-ethyl adjacent to an activating group) is 1. The Morgan fingerprint density at radius 2 is 2.05 bits per heavy atom. The van der Waals surface area contributed by atoms with Crippen LogP contribution in [-0.4, -0.2) is 60.9 Å². The summed E-state index contributed by atoms with van der Waals surface area (Å²) >= 11 is 1.63. The molecule has 1 N–H and O–H groups in total. The van der Waals surface area contributed by atoms with Gasteiger partial charge in [0.15, 0.2) is 5.16 Å². The van der Waals surface area contributed by atoms with Crippen LogP contribution in [0.5, 0.6) is 0 Å². The summed E-state index contributed by atoms with van der Waals surface area (Å²) in [5.74, 6) is 1.10. The van der Waals surface area contributed by atoms with Gasteiger partial charge in [-0.3, -0.25) is 0 Å². The topological polar surface area (TPSA) is 44.3 Å². The van der Waals surface area contributed by atoms with Gasteiger partial charge in [0.1, 0.15) is 5.82 Å². The number of hydrogen-bond donors (Lipinski definition) is 1. The highest BCUT2D eigenvalue weighted by atomic mass is 32.2. The zero-order chi connectivity index (χ0) is 13.9. The average molecular weight is 293 g/mol. The van der Waals surface area contributed by atoms with Crippen molar-refractivity contribution in [3.8, 4) is 0 Å². The molecule has 5 nitrogen and oxygen atoms in total. The van der Waals surface area contributed by atoms with Gasteiger partial charge in [-0.2, -0.15) is 0 Å². The minimum atomic E-state index is 0.412. The van der Waals surface area contributed by atoms with Gasteiger partial charge in [-0.25, -0.2) is 9.97 Å². The SMILES string of the molecule is CSc1nc(C2CCCN2)cc(N2CCN(C)CC2)n1. The molecular weight excluding hydrogens is 270 g/mol. The van der Waals surface area contributed by atoms with Crippen LogP contribution in [0, 0.1) is 0 Å². The second kappa shape index (κ2) is 6.28. The van der Waals surface area contributed by atoms with E-state index < -0.39 is 0 Å². The summed E-state index contributed by atoms with van der Waals surface area (Å²) in [4.78, 5) is 14.2. The second-order valence-electron chi connectivity index (χ2n) is 5.58. The van der Waals surface area contributed by atoms with Crippen molar-refractivity contribution in [1.29, 1.82) is 0 Å². The van der Waals surface area contributed by atoms with Crippen LogP contribution in [0.2, 0.25) is 0 Å². The van der Waals surface area contributed by atoms with Gasteiger partial charge < -0.3 is 15.1 Å². The van der Waals surface area contributed by atoms with Crippen molar-refractivity contribution in [2.24, 2.45) is 0 Å². The number of aromatic nitrogens is 2. The van der Waals surface area contributed by atoms with E-state index in [2.05, 4.69) is 34.5 Å². The molecule has 3 heterocycles. The Morgan fingerprint density at radius 1 is 1.25 bits per heavy atom. The molecule has 0 radical (unpaired) electrons. The summed E-state index contributed by atoms with van der Waals surface area (Å²) in [5, 5.41) is 4.43. The fourth-order valence-electron chi connectivity index (χ4n) is 2.83. The smallest absolute Gasteiger partial charge is 0.189 e. The summed E-state index contributed by atoms with van der Waals surface area (Å²) in [6.07, 6.45) is 4.48. The largest absolute Gasteiger partial charge is 0.354 e. The van der Waals surface area contributed by atoms with Crippen molar-refractivity contribution in [3.63, 3.8) is 0 Å². The van der Waals surface area contributed by atoms with Crippen LogP contribution in [0.1, 0.15) is 24.6 Å². The Bertz CT molecular complexity index is 453. The highest BCUT2D eigenvalue weighted by Gasteiger charge is 2.22. The van der Waals surface area contributed by atoms with E-state index in [0.717, 1.165) is 49.4 Å². The van der Waals surface area contributed by atoms with E-state index in [1.165, 1.54) is 12.8 Å². The van der Waals surface area contributed by atoms with E-state index in [0.29, 0.717) is 6.04 Å². The monoisotopic (exact) mass is 293 g/mol. The van der Waals surface area contributed by atoms with Crippen LogP contribution >= 0.6 is 11.8 Å². The number of rotatable bonds is 3. The Kier molecular flexibility index (Phi) is 4.43. The van der Waals surface area contributed by atoms with Gasteiger partial charge in [0, 0.05) is 38.3 Å². The van der Waals surface area contributed by atoms with E-state index in [9.17, 15) is 0 Å². The quantitative estimate of drug-likeness (QED) is 0.671. The number of nitrogens with zero attached hydrogens (tertiary/aromatic N) is 4. The van der Waals surface area contributed by atoms with Gasteiger partial charge >= 0.3 is 0 Å². The molecule has 2 fully saturated rings. The number of piperazine rings is 1. The predicted molar refractivity (Wildman–Crippen MR) is 83.5 cm³/mol. The molecule has 110 valence electrons. The molecule has 0 aliphatic carbocycles. The third-order valence-corrected chi connectivity index (χ3v) is 4.69. The van der Waals surface area contributed by atoms with Crippen LogP contribution in [-0.2, 0) is 0 Å². The molecule has 1 unspecified atom stereocenters. The third kappa shape index (κ3) is 3.07. The number of anilines is 1. The number of hydrogen-bond acceptors (Lipinski definition) is 6. The molecule has 0 bridgehead atoms. The molecule has 1 aromatic heterocycles. The van der Waals surface area contributed by atoms with Crippen LogP contribution < -0.4 is 10.2 Å². The van der Waals surface area contributed by atoms with Crippen LogP contribution in [0.3, 0.4) is 0 Å². The Hall–Kier alpha value is -0.850. The van der Waals surface area contributed by atoms with Crippen molar-refractivity contribution in [1.82, 2.24) is 20.2 Å². The predicted octanol–water partition coefficient (Wildman–Crippen LogP) is 1.37. The summed E-state index contributed by atoms with van der Waals surface area (Å²) < 4.78 is 0. The summed E-state index contributed by atoms with van der Waals surface area (Å²) in [7, 11) is 2.18. The minimum absolute atomic E-state index is 0.412. The van der Waals surface area contributed by atoms with Crippen LogP contribution in [0.4, 0.5) is 5.82 Å². The normalized spacial score (nSPS) is 24.3. The lowest BCUT2D eigenvalue weighted by atomic mass is 10.1. The zero-order valence-electron chi connectivity index (χ0n) is 12.3. The minimum Gasteiger partial charge on any atom is -0.354 e. The highest BCUT2D eigenvalue weighted by Crippen LogP contribution is 2.26. The molecule has 6 heteroatoms. The maximum Gasteiger partial charge on any atom is 0.189 e. The molecule has 0 spiro atoms. The Morgan fingerprint density at radius 3 is 2.70 bits per heavy atom. The van der Waals surface area contributed by atoms with Crippen molar-refractivity contribution < 1.29 is 0 Å². The van der Waals surface area contributed by atoms with Crippen molar-refractivity contribution >= 4 is 17.6 Å². The molecular formula is C14H23N5S. The van der Waals surface area contributed by atoms with Gasteiger partial charge in [0.2, 0.25) is 0 Å². The third-order valence-electron chi connectivity index (χ3n) is 4.14. The van der Waals surface area contributed by atoms with Gasteiger partial charge in [0.05, 0.1) is 5.69 Å². The molecule has 1 atom stereocenters. The molecule has 20 heavy (non-hydrogen) atoms. The standard InChI is InChI=1S/C14H23N5S/c1-18-6-8-19(9-7-18)13-10-12(11-4-3-5-15-11)16-14(17-13)20-2/h10-11,15H,3-9H2,1-2H3. The first-order chi connectivity index (χ1) is 9.76. The molecule has 2 aliphatic heterocycles. The first-order valence-electron chi connectivity index (χ1n) is 7.36. The summed E-state index contributed by atoms with van der Waals surface area (Å²) in [6.45, 7) is 5.43. The number of thioether (sulfide) groups is 1. The lowest BCUT2D eigenvalue weighted by Gasteiger charge is -2.33. The van der Waals surface area contributed by atoms with Crippen molar-refractivity contribution in [3.05, 3.63) is 11.8 Å². The Labute approximate surface area is 125 Å². The van der Waals surface area contributed by atoms with E-state index in [1.54, 1.807) is 11.8 Å². The fraction of sp³-hybridized carbons (Fsp3) is 0.714. The van der Waals surface area contributed by atoms with Gasteiger partial charge in [-0.15, -0.1) is 0 Å². The van der Waals surface area contributed by atoms with Crippen LogP contribution in [0.25, 0.3) is 0 Å². The first-order valence-corrected chi connectivity index (χ1v) is 8.58. The van der Waals surface area contributed by atoms with Crippen molar-refractivity contribution in [2.75, 3.05) is 50.9 Å². The molecule has 2 saturated heterocycles. The fourth-order valence-corrected chi connectivity index (χ4v) is 3.22. The molecule has 0 aromatic carbocycles. The maximum absolute atomic E-state index is 4.70. The maximum atomic E-state index is 4.70. The second-order valence-corrected chi connectivity index (χ2v) is 6.35. The van der Waals surface area contributed by atoms with Gasteiger partial charge in [0.25, 0.3) is 0 Å². The molecule has 2 aliphatic rings. The van der Waals surface area contributed by atoms with Crippen LogP contribution in [0.15, 0.2) is 11.2 Å². The molecule has 1 aromatic rings. The van der Waals surface area contributed by atoms with E-state index in [4.69, 9.17) is 9.97 Å². The van der Waals surface area contributed by atoms with Crippen molar-refractivity contribution in [2.45, 2.75) is 24.0 Å². The highest BCUT2D eigenvalue weighted by molar-refractivity contribution is 7.98. The average Bonchev–Trinajstić information content (AvgIpc) is 3.02. The lowest BCUT2D eigenvalue weighted by Crippen LogP contribution is -2.45. The van der Waals surface area contributed by atoms with Gasteiger partial charge in [-0.1, -0.05) is 11.8 Å². The molecule has 0 amide bonds. The van der Waals surface area contributed by atoms with E-state index >= 15 is 0 Å². The zero-order valence-corrected chi connectivity index (χ0v) is 13.1. The van der Waals surface area contributed by atoms with Gasteiger partial charge in [-0.05, 0) is 32.7 Å². The van der Waals surface area contributed by atoms with E-state index in [1.807, 2.05) is 0 Å². The summed E-state index contributed by atoms with van der Waals surface area (Å²) in [5.41, 5.74) is 1.16.